The molecule has 1 aliphatic rings. The van der Waals surface area contributed by atoms with Crippen LogP contribution in [0.25, 0.3) is 0 Å². The summed E-state index contributed by atoms with van der Waals surface area (Å²) in [6, 6.07) is 5.56. The summed E-state index contributed by atoms with van der Waals surface area (Å²) >= 11 is 5.95. The Hall–Kier alpha value is -0.570. The summed E-state index contributed by atoms with van der Waals surface area (Å²) in [6.07, 6.45) is 0. The zero-order valence-corrected chi connectivity index (χ0v) is 8.14. The SMILES string of the molecule is Cc1c(Cl)cccc1C1(O)COC1. The molecule has 13 heavy (non-hydrogen) atoms. The lowest BCUT2D eigenvalue weighted by Gasteiger charge is -2.37. The van der Waals surface area contributed by atoms with Gasteiger partial charge in [-0.3, -0.25) is 0 Å². The van der Waals surface area contributed by atoms with Gasteiger partial charge < -0.3 is 9.84 Å². The van der Waals surface area contributed by atoms with Crippen LogP contribution in [0.5, 0.6) is 0 Å². The highest BCUT2D eigenvalue weighted by molar-refractivity contribution is 6.31. The highest BCUT2D eigenvalue weighted by atomic mass is 35.5. The first-order chi connectivity index (χ1) is 6.13. The Balaban J connectivity index is 2.45. The number of benzene rings is 1. The fourth-order valence-electron chi connectivity index (χ4n) is 1.56. The van der Waals surface area contributed by atoms with Crippen LogP contribution in [-0.4, -0.2) is 18.3 Å². The van der Waals surface area contributed by atoms with Gasteiger partial charge in [-0.25, -0.2) is 0 Å². The van der Waals surface area contributed by atoms with Gasteiger partial charge in [0.05, 0.1) is 13.2 Å². The van der Waals surface area contributed by atoms with Crippen LogP contribution in [0.3, 0.4) is 0 Å². The summed E-state index contributed by atoms with van der Waals surface area (Å²) in [5.41, 5.74) is 1.01. The largest absolute Gasteiger partial charge is 0.380 e. The Kier molecular flexibility index (Phi) is 2.06. The molecular weight excluding hydrogens is 188 g/mol. The molecule has 0 saturated carbocycles. The molecule has 0 amide bonds. The lowest BCUT2D eigenvalue weighted by Crippen LogP contribution is -2.47. The van der Waals surface area contributed by atoms with Crippen LogP contribution < -0.4 is 0 Å². The van der Waals surface area contributed by atoms with Crippen LogP contribution in [-0.2, 0) is 10.3 Å². The molecule has 1 fully saturated rings. The normalized spacial score (nSPS) is 19.6. The molecule has 0 atom stereocenters. The van der Waals surface area contributed by atoms with Gasteiger partial charge in [0.25, 0.3) is 0 Å². The molecule has 0 radical (unpaired) electrons. The van der Waals surface area contributed by atoms with E-state index in [-0.39, 0.29) is 0 Å². The van der Waals surface area contributed by atoms with Crippen LogP contribution in [0.4, 0.5) is 0 Å². The van der Waals surface area contributed by atoms with Crippen LogP contribution in [0.15, 0.2) is 18.2 Å². The van der Waals surface area contributed by atoms with Crippen molar-refractivity contribution in [3.63, 3.8) is 0 Å². The monoisotopic (exact) mass is 198 g/mol. The van der Waals surface area contributed by atoms with Crippen LogP contribution in [0.1, 0.15) is 11.1 Å². The standard InChI is InChI=1S/C10H11ClO2/c1-7-8(3-2-4-9(7)11)10(12)5-13-6-10/h2-4,12H,5-6H2,1H3. The lowest BCUT2D eigenvalue weighted by molar-refractivity contribution is -0.184. The topological polar surface area (TPSA) is 29.5 Å². The van der Waals surface area contributed by atoms with E-state index in [1.165, 1.54) is 0 Å². The van der Waals surface area contributed by atoms with Gasteiger partial charge in [0, 0.05) is 5.02 Å². The van der Waals surface area contributed by atoms with Crippen molar-refractivity contribution in [1.82, 2.24) is 0 Å². The number of ether oxygens (including phenoxy) is 1. The van der Waals surface area contributed by atoms with Gasteiger partial charge in [0.2, 0.25) is 0 Å². The molecule has 0 spiro atoms. The molecule has 1 aromatic rings. The van der Waals surface area contributed by atoms with Crippen LogP contribution in [0, 0.1) is 6.92 Å². The maximum atomic E-state index is 10.0. The van der Waals surface area contributed by atoms with E-state index in [1.807, 2.05) is 25.1 Å². The molecule has 2 rings (SSSR count). The van der Waals surface area contributed by atoms with E-state index in [2.05, 4.69) is 0 Å². The summed E-state index contributed by atoms with van der Waals surface area (Å²) in [5.74, 6) is 0. The van der Waals surface area contributed by atoms with Crippen molar-refractivity contribution in [3.8, 4) is 0 Å². The highest BCUT2D eigenvalue weighted by Gasteiger charge is 2.39. The minimum absolute atomic E-state index is 0.369. The van der Waals surface area contributed by atoms with Crippen molar-refractivity contribution < 1.29 is 9.84 Å². The summed E-state index contributed by atoms with van der Waals surface area (Å²) < 4.78 is 4.99. The van der Waals surface area contributed by atoms with Crippen molar-refractivity contribution >= 4 is 11.6 Å². The van der Waals surface area contributed by atoms with Gasteiger partial charge in [-0.2, -0.15) is 0 Å². The predicted octanol–water partition coefficient (Wildman–Crippen LogP) is 1.87. The highest BCUT2D eigenvalue weighted by Crippen LogP contribution is 2.33. The summed E-state index contributed by atoms with van der Waals surface area (Å²) in [5, 5.41) is 10.7. The second-order valence-electron chi connectivity index (χ2n) is 3.44. The van der Waals surface area contributed by atoms with Crippen molar-refractivity contribution in [1.29, 1.82) is 0 Å². The number of hydrogen-bond acceptors (Lipinski definition) is 2. The van der Waals surface area contributed by atoms with E-state index in [0.717, 1.165) is 11.1 Å². The fourth-order valence-corrected chi connectivity index (χ4v) is 1.74. The van der Waals surface area contributed by atoms with Crippen LogP contribution in [0.2, 0.25) is 5.02 Å². The molecule has 1 heterocycles. The first kappa shape index (κ1) is 9.00. The van der Waals surface area contributed by atoms with Gasteiger partial charge in [-0.1, -0.05) is 23.7 Å². The Morgan fingerprint density at radius 2 is 2.15 bits per heavy atom. The molecule has 3 heteroatoms. The summed E-state index contributed by atoms with van der Waals surface area (Å²) in [4.78, 5) is 0. The molecule has 0 aromatic heterocycles. The number of rotatable bonds is 1. The van der Waals surface area contributed by atoms with E-state index in [1.54, 1.807) is 0 Å². The number of hydrogen-bond donors (Lipinski definition) is 1. The third-order valence-corrected chi connectivity index (χ3v) is 2.86. The first-order valence-corrected chi connectivity index (χ1v) is 4.57. The predicted molar refractivity (Wildman–Crippen MR) is 50.9 cm³/mol. The molecule has 1 saturated heterocycles. The van der Waals surface area contributed by atoms with E-state index in [4.69, 9.17) is 16.3 Å². The zero-order valence-electron chi connectivity index (χ0n) is 7.38. The Morgan fingerprint density at radius 3 is 2.69 bits per heavy atom. The maximum Gasteiger partial charge on any atom is 0.136 e. The quantitative estimate of drug-likeness (QED) is 0.747. The average Bonchev–Trinajstić information content (AvgIpc) is 2.06. The van der Waals surface area contributed by atoms with Crippen molar-refractivity contribution in [2.24, 2.45) is 0 Å². The van der Waals surface area contributed by atoms with Gasteiger partial charge in [0.1, 0.15) is 5.60 Å². The summed E-state index contributed by atoms with van der Waals surface area (Å²) in [7, 11) is 0. The third-order valence-electron chi connectivity index (χ3n) is 2.45. The second-order valence-corrected chi connectivity index (χ2v) is 3.84. The molecule has 0 aliphatic carbocycles. The van der Waals surface area contributed by atoms with E-state index < -0.39 is 5.60 Å². The van der Waals surface area contributed by atoms with E-state index in [9.17, 15) is 5.11 Å². The lowest BCUT2D eigenvalue weighted by atomic mass is 9.89. The third kappa shape index (κ3) is 1.35. The Morgan fingerprint density at radius 1 is 1.46 bits per heavy atom. The molecule has 0 unspecified atom stereocenters. The maximum absolute atomic E-state index is 10.0. The molecular formula is C10H11ClO2. The molecule has 70 valence electrons. The molecule has 1 aliphatic heterocycles. The molecule has 0 bridgehead atoms. The second kappa shape index (κ2) is 2.98. The Bertz CT molecular complexity index is 332. The minimum Gasteiger partial charge on any atom is -0.380 e. The van der Waals surface area contributed by atoms with E-state index in [0.29, 0.717) is 18.2 Å². The smallest absolute Gasteiger partial charge is 0.136 e. The molecule has 2 nitrogen and oxygen atoms in total. The van der Waals surface area contributed by atoms with Crippen LogP contribution >= 0.6 is 11.6 Å². The van der Waals surface area contributed by atoms with Crippen molar-refractivity contribution in [3.05, 3.63) is 34.3 Å². The average molecular weight is 199 g/mol. The van der Waals surface area contributed by atoms with Gasteiger partial charge in [0.15, 0.2) is 0 Å². The van der Waals surface area contributed by atoms with Crippen molar-refractivity contribution in [2.75, 3.05) is 13.2 Å². The first-order valence-electron chi connectivity index (χ1n) is 4.19. The fraction of sp³-hybridized carbons (Fsp3) is 0.400. The molecule has 1 aromatic carbocycles. The van der Waals surface area contributed by atoms with E-state index >= 15 is 0 Å². The molecule has 1 N–H and O–H groups in total. The van der Waals surface area contributed by atoms with Crippen molar-refractivity contribution in [2.45, 2.75) is 12.5 Å². The minimum atomic E-state index is -0.811. The summed E-state index contributed by atoms with van der Waals surface area (Å²) in [6.45, 7) is 2.65. The van der Waals surface area contributed by atoms with Gasteiger partial charge in [-0.05, 0) is 24.1 Å². The van der Waals surface area contributed by atoms with Gasteiger partial charge in [-0.15, -0.1) is 0 Å². The zero-order chi connectivity index (χ0) is 9.47. The van der Waals surface area contributed by atoms with Gasteiger partial charge >= 0.3 is 0 Å². The Labute approximate surface area is 82.1 Å². The number of aliphatic hydroxyl groups is 1. The number of halogens is 1.